The van der Waals surface area contributed by atoms with E-state index in [1.54, 1.807) is 4.90 Å². The number of nitro groups is 1. The normalized spacial score (nSPS) is 10.1. The molecule has 6 nitrogen and oxygen atoms in total. The van der Waals surface area contributed by atoms with Crippen LogP contribution >= 0.6 is 24.0 Å². The summed E-state index contributed by atoms with van der Waals surface area (Å²) in [7, 11) is 0. The van der Waals surface area contributed by atoms with Gasteiger partial charge in [0.25, 0.3) is 5.69 Å². The van der Waals surface area contributed by atoms with Crippen LogP contribution in [0.15, 0.2) is 48.5 Å². The molecule has 26 heavy (non-hydrogen) atoms. The highest BCUT2D eigenvalue weighted by Crippen LogP contribution is 2.23. The Bertz CT molecular complexity index is 742. The van der Waals surface area contributed by atoms with Gasteiger partial charge in [-0.15, -0.1) is 12.4 Å². The lowest BCUT2D eigenvalue weighted by Crippen LogP contribution is -2.37. The number of carbonyl (C=O) groups excluding carboxylic acids is 1. The fourth-order valence-electron chi connectivity index (χ4n) is 2.49. The number of benzene rings is 2. The largest absolute Gasteiger partial charge is 0.341 e. The maximum Gasteiger partial charge on any atom is 0.270 e. The van der Waals surface area contributed by atoms with Gasteiger partial charge in [-0.3, -0.25) is 14.9 Å². The first-order chi connectivity index (χ1) is 12.0. The third-order valence-electron chi connectivity index (χ3n) is 3.85. The quantitative estimate of drug-likeness (QED) is 0.546. The third-order valence-corrected chi connectivity index (χ3v) is 4.21. The van der Waals surface area contributed by atoms with E-state index in [4.69, 9.17) is 17.3 Å². The Morgan fingerprint density at radius 2 is 1.85 bits per heavy atom. The molecular formula is C18H21Cl2N3O3. The fraction of sp³-hybridized carbons (Fsp3) is 0.278. The van der Waals surface area contributed by atoms with Crippen LogP contribution < -0.4 is 5.73 Å². The van der Waals surface area contributed by atoms with Gasteiger partial charge in [-0.1, -0.05) is 48.0 Å². The summed E-state index contributed by atoms with van der Waals surface area (Å²) in [6.45, 7) is 1.38. The molecule has 0 unspecified atom stereocenters. The Kier molecular flexibility index (Phi) is 9.05. The van der Waals surface area contributed by atoms with Gasteiger partial charge in [0.2, 0.25) is 5.91 Å². The van der Waals surface area contributed by atoms with Crippen LogP contribution in [0.2, 0.25) is 5.02 Å². The van der Waals surface area contributed by atoms with E-state index in [0.717, 1.165) is 12.0 Å². The maximum atomic E-state index is 12.6. The molecule has 0 aliphatic carbocycles. The lowest BCUT2D eigenvalue weighted by atomic mass is 10.1. The van der Waals surface area contributed by atoms with Crippen molar-refractivity contribution >= 4 is 35.6 Å². The highest BCUT2D eigenvalue weighted by atomic mass is 35.5. The molecule has 2 aromatic carbocycles. The summed E-state index contributed by atoms with van der Waals surface area (Å²) < 4.78 is 0. The Morgan fingerprint density at radius 3 is 2.42 bits per heavy atom. The standard InChI is InChI=1S/C18H20ClN3O3.ClH/c19-17-13-16(22(24)25)7-6-15(17)12-18(23)21(11-9-20)10-8-14-4-2-1-3-5-14;/h1-7,13H,8-12,20H2;1H. The number of halogens is 2. The van der Waals surface area contributed by atoms with Gasteiger partial charge >= 0.3 is 0 Å². The molecule has 0 bridgehead atoms. The van der Waals surface area contributed by atoms with Crippen LogP contribution in [0.5, 0.6) is 0 Å². The predicted octanol–water partition coefficient (Wildman–Crippen LogP) is 3.24. The molecule has 2 aromatic rings. The van der Waals surface area contributed by atoms with Gasteiger partial charge in [0.05, 0.1) is 16.4 Å². The van der Waals surface area contributed by atoms with Crippen molar-refractivity contribution in [3.8, 4) is 0 Å². The average Bonchev–Trinajstić information content (AvgIpc) is 2.61. The third kappa shape index (κ3) is 6.29. The summed E-state index contributed by atoms with van der Waals surface area (Å²) in [6.07, 6.45) is 0.826. The molecule has 2 N–H and O–H groups in total. The van der Waals surface area contributed by atoms with Gasteiger partial charge in [0, 0.05) is 31.8 Å². The molecule has 2 rings (SSSR count). The average molecular weight is 398 g/mol. The van der Waals surface area contributed by atoms with Crippen LogP contribution in [0.25, 0.3) is 0 Å². The van der Waals surface area contributed by atoms with Crippen molar-refractivity contribution in [1.29, 1.82) is 0 Å². The van der Waals surface area contributed by atoms with E-state index in [1.807, 2.05) is 30.3 Å². The number of rotatable bonds is 8. The van der Waals surface area contributed by atoms with Crippen LogP contribution in [-0.4, -0.2) is 35.4 Å². The Hall–Kier alpha value is -2.15. The van der Waals surface area contributed by atoms with Gasteiger partial charge in [0.15, 0.2) is 0 Å². The summed E-state index contributed by atoms with van der Waals surface area (Å²) in [4.78, 5) is 24.5. The molecule has 0 aromatic heterocycles. The second kappa shape index (κ2) is 10.8. The van der Waals surface area contributed by atoms with Gasteiger partial charge in [-0.2, -0.15) is 0 Å². The number of nitrogens with zero attached hydrogens (tertiary/aromatic N) is 2. The lowest BCUT2D eigenvalue weighted by molar-refractivity contribution is -0.384. The molecule has 0 aliphatic rings. The molecule has 0 saturated carbocycles. The Morgan fingerprint density at radius 1 is 1.15 bits per heavy atom. The van der Waals surface area contributed by atoms with E-state index in [1.165, 1.54) is 18.2 Å². The first-order valence-electron chi connectivity index (χ1n) is 7.96. The molecule has 0 saturated heterocycles. The zero-order valence-electron chi connectivity index (χ0n) is 14.1. The summed E-state index contributed by atoms with van der Waals surface area (Å²) in [5.74, 6) is -0.0999. The molecule has 140 valence electrons. The summed E-state index contributed by atoms with van der Waals surface area (Å²) in [6, 6.07) is 14.0. The molecule has 0 heterocycles. The molecule has 0 spiro atoms. The highest BCUT2D eigenvalue weighted by Gasteiger charge is 2.17. The Labute approximate surface area is 163 Å². The fourth-order valence-corrected chi connectivity index (χ4v) is 2.74. The first kappa shape index (κ1) is 21.9. The van der Waals surface area contributed by atoms with E-state index >= 15 is 0 Å². The van der Waals surface area contributed by atoms with Crippen molar-refractivity contribution in [3.63, 3.8) is 0 Å². The molecule has 1 amide bonds. The van der Waals surface area contributed by atoms with Gasteiger partial charge < -0.3 is 10.6 Å². The highest BCUT2D eigenvalue weighted by molar-refractivity contribution is 6.31. The number of nitrogens with two attached hydrogens (primary N) is 1. The van der Waals surface area contributed by atoms with Crippen LogP contribution in [0.1, 0.15) is 11.1 Å². The maximum absolute atomic E-state index is 12.6. The number of amides is 1. The number of nitro benzene ring substituents is 1. The minimum absolute atomic E-state index is 0. The Balaban J connectivity index is 0.00000338. The molecule has 0 fully saturated rings. The smallest absolute Gasteiger partial charge is 0.270 e. The predicted molar refractivity (Wildman–Crippen MR) is 105 cm³/mol. The van der Waals surface area contributed by atoms with Crippen molar-refractivity contribution in [2.45, 2.75) is 12.8 Å². The summed E-state index contributed by atoms with van der Waals surface area (Å²) >= 11 is 6.07. The number of hydrogen-bond donors (Lipinski definition) is 1. The number of hydrogen-bond acceptors (Lipinski definition) is 4. The van der Waals surface area contributed by atoms with E-state index in [9.17, 15) is 14.9 Å². The van der Waals surface area contributed by atoms with E-state index in [2.05, 4.69) is 0 Å². The number of carbonyl (C=O) groups is 1. The zero-order valence-corrected chi connectivity index (χ0v) is 15.7. The van der Waals surface area contributed by atoms with E-state index in [-0.39, 0.29) is 35.4 Å². The van der Waals surface area contributed by atoms with Gasteiger partial charge in [-0.25, -0.2) is 0 Å². The van der Waals surface area contributed by atoms with Gasteiger partial charge in [-0.05, 0) is 17.5 Å². The molecule has 0 radical (unpaired) electrons. The summed E-state index contributed by atoms with van der Waals surface area (Å²) in [5, 5.41) is 11.0. The van der Waals surface area contributed by atoms with Crippen molar-refractivity contribution in [3.05, 3.63) is 74.8 Å². The van der Waals surface area contributed by atoms with Crippen LogP contribution in [0, 0.1) is 10.1 Å². The van der Waals surface area contributed by atoms with Crippen LogP contribution in [0.4, 0.5) is 5.69 Å². The molecular weight excluding hydrogens is 377 g/mol. The SMILES string of the molecule is Cl.NCCN(CCc1ccccc1)C(=O)Cc1ccc([N+](=O)[O-])cc1Cl. The lowest BCUT2D eigenvalue weighted by Gasteiger charge is -2.22. The summed E-state index contributed by atoms with van der Waals surface area (Å²) in [5.41, 5.74) is 7.24. The second-order valence-electron chi connectivity index (χ2n) is 5.61. The number of non-ortho nitro benzene ring substituents is 1. The minimum atomic E-state index is -0.516. The monoisotopic (exact) mass is 397 g/mol. The van der Waals surface area contributed by atoms with Gasteiger partial charge in [0.1, 0.15) is 0 Å². The van der Waals surface area contributed by atoms with E-state index in [0.29, 0.717) is 25.2 Å². The first-order valence-corrected chi connectivity index (χ1v) is 8.33. The molecule has 8 heteroatoms. The topological polar surface area (TPSA) is 89.5 Å². The van der Waals surface area contributed by atoms with Crippen LogP contribution in [0.3, 0.4) is 0 Å². The van der Waals surface area contributed by atoms with Crippen molar-refractivity contribution in [2.24, 2.45) is 5.73 Å². The van der Waals surface area contributed by atoms with Crippen molar-refractivity contribution in [2.75, 3.05) is 19.6 Å². The molecule has 0 aliphatic heterocycles. The minimum Gasteiger partial charge on any atom is -0.341 e. The van der Waals surface area contributed by atoms with Crippen molar-refractivity contribution < 1.29 is 9.72 Å². The second-order valence-corrected chi connectivity index (χ2v) is 6.02. The van der Waals surface area contributed by atoms with Crippen LogP contribution in [-0.2, 0) is 17.6 Å². The zero-order chi connectivity index (χ0) is 18.2. The van der Waals surface area contributed by atoms with Crippen molar-refractivity contribution in [1.82, 2.24) is 4.90 Å². The molecule has 0 atom stereocenters. The van der Waals surface area contributed by atoms with E-state index < -0.39 is 4.92 Å².